The number of nitrogens with two attached hydrogens (primary N) is 1. The Morgan fingerprint density at radius 2 is 2.15 bits per heavy atom. The van der Waals surface area contributed by atoms with E-state index in [4.69, 9.17) is 21.9 Å². The Balaban J connectivity index is 2.07. The minimum Gasteiger partial charge on any atom is -0.457 e. The van der Waals surface area contributed by atoms with E-state index in [9.17, 15) is 0 Å². The Labute approximate surface area is 120 Å². The molecule has 0 saturated heterocycles. The van der Waals surface area contributed by atoms with Gasteiger partial charge in [0, 0.05) is 11.6 Å². The summed E-state index contributed by atoms with van der Waals surface area (Å²) in [7, 11) is 0. The molecule has 2 aromatic heterocycles. The van der Waals surface area contributed by atoms with Crippen LogP contribution < -0.4 is 11.3 Å². The van der Waals surface area contributed by atoms with Crippen molar-refractivity contribution in [3.05, 3.63) is 58.8 Å². The number of furan rings is 1. The molecule has 3 N–H and O–H groups in total. The molecule has 3 rings (SSSR count). The first-order valence-electron chi connectivity index (χ1n) is 6.11. The number of nitrogens with zero attached hydrogens (tertiary/aromatic N) is 2. The van der Waals surface area contributed by atoms with Gasteiger partial charge in [-0.15, -0.1) is 0 Å². The third-order valence-corrected chi connectivity index (χ3v) is 3.36. The summed E-state index contributed by atoms with van der Waals surface area (Å²) in [5, 5.41) is 1.49. The minimum absolute atomic E-state index is 0.369. The van der Waals surface area contributed by atoms with Crippen LogP contribution in [0.1, 0.15) is 23.2 Å². The lowest BCUT2D eigenvalue weighted by molar-refractivity contribution is 0.470. The molecule has 0 spiro atoms. The van der Waals surface area contributed by atoms with Crippen molar-refractivity contribution in [2.24, 2.45) is 5.84 Å². The quantitative estimate of drug-likeness (QED) is 0.572. The van der Waals surface area contributed by atoms with Gasteiger partial charge in [0.15, 0.2) is 5.58 Å². The highest BCUT2D eigenvalue weighted by atomic mass is 35.5. The second-order valence-electron chi connectivity index (χ2n) is 4.49. The number of hydrogen-bond acceptors (Lipinski definition) is 5. The SMILES string of the molecule is Cc1cnc(C(NN)c2cc3cccc(Cl)c3o2)cn1. The Hall–Kier alpha value is -1.95. The number of para-hydroxylation sites is 1. The van der Waals surface area contributed by atoms with Crippen LogP contribution in [-0.2, 0) is 0 Å². The molecule has 1 atom stereocenters. The van der Waals surface area contributed by atoms with E-state index in [1.807, 2.05) is 25.1 Å². The molecule has 0 bridgehead atoms. The maximum atomic E-state index is 6.11. The standard InChI is InChI=1S/C14H13ClN4O/c1-8-6-18-11(7-17-8)13(19-16)12-5-9-3-2-4-10(15)14(9)20-12/h2-7,13,19H,16H2,1H3. The van der Waals surface area contributed by atoms with Crippen molar-refractivity contribution in [2.75, 3.05) is 0 Å². The van der Waals surface area contributed by atoms with Gasteiger partial charge in [0.05, 0.1) is 22.6 Å². The van der Waals surface area contributed by atoms with Crippen molar-refractivity contribution in [2.45, 2.75) is 13.0 Å². The highest BCUT2D eigenvalue weighted by Crippen LogP contribution is 2.30. The van der Waals surface area contributed by atoms with Crippen LogP contribution >= 0.6 is 11.6 Å². The molecule has 20 heavy (non-hydrogen) atoms. The van der Waals surface area contributed by atoms with Crippen LogP contribution in [0, 0.1) is 6.92 Å². The van der Waals surface area contributed by atoms with Crippen LogP contribution in [0.5, 0.6) is 0 Å². The molecule has 0 aliphatic rings. The number of hydrogen-bond donors (Lipinski definition) is 2. The third kappa shape index (κ3) is 2.27. The van der Waals surface area contributed by atoms with Crippen molar-refractivity contribution < 1.29 is 4.42 Å². The molecular weight excluding hydrogens is 276 g/mol. The Morgan fingerprint density at radius 3 is 2.80 bits per heavy atom. The van der Waals surface area contributed by atoms with E-state index >= 15 is 0 Å². The van der Waals surface area contributed by atoms with Gasteiger partial charge in [-0.2, -0.15) is 0 Å². The lowest BCUT2D eigenvalue weighted by Crippen LogP contribution is -2.29. The molecule has 1 unspecified atom stereocenters. The maximum Gasteiger partial charge on any atom is 0.152 e. The first-order valence-corrected chi connectivity index (χ1v) is 6.49. The average molecular weight is 289 g/mol. The summed E-state index contributed by atoms with van der Waals surface area (Å²) in [6, 6.07) is 7.12. The fourth-order valence-electron chi connectivity index (χ4n) is 2.05. The van der Waals surface area contributed by atoms with Gasteiger partial charge in [-0.1, -0.05) is 23.7 Å². The van der Waals surface area contributed by atoms with Gasteiger partial charge in [-0.05, 0) is 19.1 Å². The van der Waals surface area contributed by atoms with E-state index in [1.54, 1.807) is 18.5 Å². The molecule has 1 aromatic carbocycles. The van der Waals surface area contributed by atoms with Gasteiger partial charge < -0.3 is 4.42 Å². The number of rotatable bonds is 3. The van der Waals surface area contributed by atoms with E-state index in [2.05, 4.69) is 15.4 Å². The minimum atomic E-state index is -0.369. The highest BCUT2D eigenvalue weighted by Gasteiger charge is 2.19. The van der Waals surface area contributed by atoms with Crippen LogP contribution in [-0.4, -0.2) is 9.97 Å². The molecule has 2 heterocycles. The van der Waals surface area contributed by atoms with Crippen molar-refractivity contribution in [1.29, 1.82) is 0 Å². The molecule has 0 fully saturated rings. The first-order chi connectivity index (χ1) is 9.69. The van der Waals surface area contributed by atoms with E-state index < -0.39 is 0 Å². The second kappa shape index (κ2) is 5.20. The Kier molecular flexibility index (Phi) is 3.40. The van der Waals surface area contributed by atoms with Crippen molar-refractivity contribution in [3.8, 4) is 0 Å². The number of nitrogens with one attached hydrogen (secondary N) is 1. The van der Waals surface area contributed by atoms with Gasteiger partial charge in [-0.3, -0.25) is 15.8 Å². The van der Waals surface area contributed by atoms with Gasteiger partial charge >= 0.3 is 0 Å². The number of fused-ring (bicyclic) bond motifs is 1. The summed E-state index contributed by atoms with van der Waals surface area (Å²) >= 11 is 6.11. The van der Waals surface area contributed by atoms with Crippen molar-refractivity contribution >= 4 is 22.6 Å². The lowest BCUT2D eigenvalue weighted by atomic mass is 10.1. The summed E-state index contributed by atoms with van der Waals surface area (Å²) in [6.07, 6.45) is 3.37. The number of benzene rings is 1. The normalized spacial score (nSPS) is 12.8. The lowest BCUT2D eigenvalue weighted by Gasteiger charge is -2.12. The monoisotopic (exact) mass is 288 g/mol. The molecule has 0 aliphatic carbocycles. The zero-order valence-corrected chi connectivity index (χ0v) is 11.6. The number of hydrazine groups is 1. The zero-order chi connectivity index (χ0) is 14.1. The van der Waals surface area contributed by atoms with Gasteiger partial charge in [0.1, 0.15) is 11.8 Å². The fraction of sp³-hybridized carbons (Fsp3) is 0.143. The number of aromatic nitrogens is 2. The first kappa shape index (κ1) is 13.1. The summed E-state index contributed by atoms with van der Waals surface area (Å²) in [6.45, 7) is 1.88. The molecule has 0 radical (unpaired) electrons. The Bertz CT molecular complexity index is 739. The maximum absolute atomic E-state index is 6.11. The predicted molar refractivity (Wildman–Crippen MR) is 77.2 cm³/mol. The van der Waals surface area contributed by atoms with Gasteiger partial charge in [0.2, 0.25) is 0 Å². The molecule has 0 amide bonds. The predicted octanol–water partition coefficient (Wildman–Crippen LogP) is 2.74. The molecule has 5 nitrogen and oxygen atoms in total. The Morgan fingerprint density at radius 1 is 1.30 bits per heavy atom. The highest BCUT2D eigenvalue weighted by molar-refractivity contribution is 6.34. The van der Waals surface area contributed by atoms with E-state index in [0.717, 1.165) is 11.1 Å². The summed E-state index contributed by atoms with van der Waals surface area (Å²) < 4.78 is 5.79. The largest absolute Gasteiger partial charge is 0.457 e. The zero-order valence-electron chi connectivity index (χ0n) is 10.8. The molecule has 6 heteroatoms. The summed E-state index contributed by atoms with van der Waals surface area (Å²) in [5.74, 6) is 6.27. The summed E-state index contributed by atoms with van der Waals surface area (Å²) in [4.78, 5) is 8.54. The van der Waals surface area contributed by atoms with Crippen LogP contribution in [0.2, 0.25) is 5.02 Å². The molecule has 0 aliphatic heterocycles. The van der Waals surface area contributed by atoms with Crippen LogP contribution in [0.15, 0.2) is 41.1 Å². The van der Waals surface area contributed by atoms with Crippen molar-refractivity contribution in [1.82, 2.24) is 15.4 Å². The molecular formula is C14H13ClN4O. The van der Waals surface area contributed by atoms with Crippen molar-refractivity contribution in [3.63, 3.8) is 0 Å². The smallest absolute Gasteiger partial charge is 0.152 e. The molecule has 3 aromatic rings. The number of aryl methyl sites for hydroxylation is 1. The second-order valence-corrected chi connectivity index (χ2v) is 4.90. The summed E-state index contributed by atoms with van der Waals surface area (Å²) in [5.41, 5.74) is 4.87. The average Bonchev–Trinajstić information content (AvgIpc) is 2.87. The van der Waals surface area contributed by atoms with E-state index in [-0.39, 0.29) is 6.04 Å². The number of halogens is 1. The van der Waals surface area contributed by atoms with Gasteiger partial charge in [0.25, 0.3) is 0 Å². The van der Waals surface area contributed by atoms with E-state index in [0.29, 0.717) is 22.1 Å². The van der Waals surface area contributed by atoms with E-state index in [1.165, 1.54) is 0 Å². The van der Waals surface area contributed by atoms with Gasteiger partial charge in [-0.25, -0.2) is 5.43 Å². The third-order valence-electron chi connectivity index (χ3n) is 3.06. The molecule has 102 valence electrons. The molecule has 0 saturated carbocycles. The van der Waals surface area contributed by atoms with Crippen LogP contribution in [0.4, 0.5) is 0 Å². The fourth-order valence-corrected chi connectivity index (χ4v) is 2.28. The van der Waals surface area contributed by atoms with Crippen LogP contribution in [0.25, 0.3) is 11.0 Å². The topological polar surface area (TPSA) is 77.0 Å². The van der Waals surface area contributed by atoms with Crippen LogP contribution in [0.3, 0.4) is 0 Å².